The Morgan fingerprint density at radius 1 is 1.10 bits per heavy atom. The SMILES string of the molecule is C#C[C@]1(COC(=O)OCC23CC4CC(CC(C4)C2)C3)O[C@@H](n2cnc3c(N)nc(F)nc32)C[C@@H]1OC(=O)OCC. The van der Waals surface area contributed by atoms with Gasteiger partial charge in [-0.05, 0) is 63.2 Å². The summed E-state index contributed by atoms with van der Waals surface area (Å²) in [5, 5.41) is 0. The van der Waals surface area contributed by atoms with Crippen LogP contribution in [0.1, 0.15) is 58.1 Å². The lowest BCUT2D eigenvalue weighted by molar-refractivity contribution is -0.115. The highest BCUT2D eigenvalue weighted by Crippen LogP contribution is 2.60. The number of anilines is 1. The van der Waals surface area contributed by atoms with E-state index in [0.717, 1.165) is 19.3 Å². The fourth-order valence-corrected chi connectivity index (χ4v) is 7.63. The number of imidazole rings is 1. The Kier molecular flexibility index (Phi) is 6.68. The van der Waals surface area contributed by atoms with Gasteiger partial charge in [-0.2, -0.15) is 14.4 Å². The third-order valence-corrected chi connectivity index (χ3v) is 8.82. The van der Waals surface area contributed by atoms with Crippen molar-refractivity contribution >= 4 is 29.3 Å². The molecule has 0 spiro atoms. The number of nitrogens with two attached hydrogens (primary N) is 1. The van der Waals surface area contributed by atoms with Gasteiger partial charge in [0.15, 0.2) is 23.1 Å². The van der Waals surface area contributed by atoms with Crippen molar-refractivity contribution in [2.24, 2.45) is 23.2 Å². The minimum Gasteiger partial charge on any atom is -0.435 e. The predicted molar refractivity (Wildman–Crippen MR) is 136 cm³/mol. The number of ether oxygens (including phenoxy) is 5. The number of aromatic nitrogens is 4. The molecule has 214 valence electrons. The first-order valence-electron chi connectivity index (χ1n) is 13.7. The summed E-state index contributed by atoms with van der Waals surface area (Å²) >= 11 is 0. The molecule has 4 aliphatic carbocycles. The second kappa shape index (κ2) is 10.1. The second-order valence-electron chi connectivity index (χ2n) is 11.6. The lowest BCUT2D eigenvalue weighted by Gasteiger charge is -2.56. The van der Waals surface area contributed by atoms with Crippen molar-refractivity contribution < 1.29 is 37.7 Å². The van der Waals surface area contributed by atoms with Crippen molar-refractivity contribution in [3.63, 3.8) is 0 Å². The zero-order chi connectivity index (χ0) is 28.1. The number of carbonyl (C=O) groups excluding carboxylic acids is 2. The molecular weight excluding hydrogens is 525 g/mol. The highest BCUT2D eigenvalue weighted by atomic mass is 19.1. The van der Waals surface area contributed by atoms with Crippen molar-refractivity contribution in [3.05, 3.63) is 12.4 Å². The lowest BCUT2D eigenvalue weighted by Crippen LogP contribution is -2.48. The van der Waals surface area contributed by atoms with E-state index in [1.165, 1.54) is 30.2 Å². The standard InChI is InChI=1S/C27H32FN5O7/c1-3-27(13-38-24(34)37-12-26-9-15-5-16(10-26)7-17(6-15)11-26)18(39-25(35)36-4-2)8-19(40-27)33-14-30-20-21(29)31-23(28)32-22(20)33/h1,14-19H,4-13H2,2H3,(H2,29,31,32)/t15?,16?,17?,18-,19+,26?,27+/m0/s1. The zero-order valence-corrected chi connectivity index (χ0v) is 22.2. The minimum absolute atomic E-state index is 0.00564. The summed E-state index contributed by atoms with van der Waals surface area (Å²) in [5.41, 5.74) is 4.34. The maximum atomic E-state index is 13.9. The van der Waals surface area contributed by atoms with Crippen molar-refractivity contribution in [1.29, 1.82) is 0 Å². The Labute approximate surface area is 230 Å². The Morgan fingerprint density at radius 3 is 2.42 bits per heavy atom. The van der Waals surface area contributed by atoms with Gasteiger partial charge < -0.3 is 29.4 Å². The molecule has 2 aromatic heterocycles. The van der Waals surface area contributed by atoms with Crippen LogP contribution in [0.2, 0.25) is 0 Å². The molecule has 40 heavy (non-hydrogen) atoms. The number of nitrogens with zero attached hydrogens (tertiary/aromatic N) is 4. The Balaban J connectivity index is 1.16. The summed E-state index contributed by atoms with van der Waals surface area (Å²) in [5.74, 6) is 4.49. The van der Waals surface area contributed by atoms with Gasteiger partial charge in [-0.25, -0.2) is 14.6 Å². The van der Waals surface area contributed by atoms with Crippen LogP contribution in [0.5, 0.6) is 0 Å². The number of fused-ring (bicyclic) bond motifs is 1. The van der Waals surface area contributed by atoms with E-state index >= 15 is 0 Å². The van der Waals surface area contributed by atoms with Gasteiger partial charge in [-0.1, -0.05) is 5.92 Å². The van der Waals surface area contributed by atoms with E-state index in [4.69, 9.17) is 35.8 Å². The summed E-state index contributed by atoms with van der Waals surface area (Å²) in [6.45, 7) is 1.55. The molecule has 1 saturated heterocycles. The molecule has 4 saturated carbocycles. The summed E-state index contributed by atoms with van der Waals surface area (Å²) in [6.07, 6.45) is 9.43. The molecule has 0 amide bonds. The number of terminal acetylenes is 1. The lowest BCUT2D eigenvalue weighted by atomic mass is 9.50. The minimum atomic E-state index is -1.69. The van der Waals surface area contributed by atoms with Gasteiger partial charge in [0.25, 0.3) is 0 Å². The first-order valence-corrected chi connectivity index (χ1v) is 13.7. The van der Waals surface area contributed by atoms with E-state index in [2.05, 4.69) is 20.9 Å². The summed E-state index contributed by atoms with van der Waals surface area (Å²) in [7, 11) is 0. The fourth-order valence-electron chi connectivity index (χ4n) is 7.63. The van der Waals surface area contributed by atoms with Gasteiger partial charge in [0.1, 0.15) is 19.4 Å². The normalized spacial score (nSPS) is 34.0. The smallest absolute Gasteiger partial charge is 0.435 e. The second-order valence-corrected chi connectivity index (χ2v) is 11.6. The molecule has 5 aliphatic rings. The molecule has 3 atom stereocenters. The van der Waals surface area contributed by atoms with Crippen LogP contribution in [0.3, 0.4) is 0 Å². The Bertz CT molecular complexity index is 1320. The number of hydrogen-bond donors (Lipinski definition) is 1. The number of nitrogen functional groups attached to an aromatic ring is 1. The highest BCUT2D eigenvalue weighted by Gasteiger charge is 2.54. The molecule has 0 aromatic carbocycles. The van der Waals surface area contributed by atoms with Crippen molar-refractivity contribution in [3.8, 4) is 12.3 Å². The van der Waals surface area contributed by atoms with Crippen LogP contribution in [0, 0.1) is 41.6 Å². The molecule has 0 radical (unpaired) electrons. The molecule has 4 bridgehead atoms. The number of rotatable bonds is 7. The molecule has 2 N–H and O–H groups in total. The Morgan fingerprint density at radius 2 is 1.77 bits per heavy atom. The average molecular weight is 558 g/mol. The van der Waals surface area contributed by atoms with Crippen LogP contribution < -0.4 is 5.73 Å². The molecular formula is C27H32FN5O7. The maximum absolute atomic E-state index is 13.9. The average Bonchev–Trinajstić information content (AvgIpc) is 3.47. The van der Waals surface area contributed by atoms with Crippen LogP contribution >= 0.6 is 0 Å². The van der Waals surface area contributed by atoms with Crippen LogP contribution in [-0.4, -0.2) is 63.4 Å². The molecule has 0 unspecified atom stereocenters. The molecule has 13 heteroatoms. The van der Waals surface area contributed by atoms with Crippen molar-refractivity contribution in [1.82, 2.24) is 19.5 Å². The molecule has 1 aliphatic heterocycles. The molecule has 7 rings (SSSR count). The number of carbonyl (C=O) groups is 2. The summed E-state index contributed by atoms with van der Waals surface area (Å²) in [6, 6.07) is 0. The van der Waals surface area contributed by atoms with E-state index in [-0.39, 0.29) is 35.4 Å². The molecule has 3 heterocycles. The molecule has 5 fully saturated rings. The first-order chi connectivity index (χ1) is 19.2. The van der Waals surface area contributed by atoms with Crippen LogP contribution in [0.25, 0.3) is 11.2 Å². The third kappa shape index (κ3) is 4.78. The first kappa shape index (κ1) is 26.6. The van der Waals surface area contributed by atoms with E-state index < -0.39 is 42.9 Å². The van der Waals surface area contributed by atoms with Gasteiger partial charge in [-0.3, -0.25) is 4.57 Å². The number of halogens is 1. The number of hydrogen-bond acceptors (Lipinski definition) is 11. The van der Waals surface area contributed by atoms with E-state index in [0.29, 0.717) is 24.4 Å². The quantitative estimate of drug-likeness (QED) is 0.301. The maximum Gasteiger partial charge on any atom is 0.508 e. The van der Waals surface area contributed by atoms with Gasteiger partial charge in [0.2, 0.25) is 5.60 Å². The largest absolute Gasteiger partial charge is 0.508 e. The van der Waals surface area contributed by atoms with Crippen molar-refractivity contribution in [2.45, 2.75) is 69.8 Å². The van der Waals surface area contributed by atoms with E-state index in [1.54, 1.807) is 6.92 Å². The fraction of sp³-hybridized carbons (Fsp3) is 0.667. The highest BCUT2D eigenvalue weighted by molar-refractivity contribution is 5.81. The summed E-state index contributed by atoms with van der Waals surface area (Å²) in [4.78, 5) is 36.4. The van der Waals surface area contributed by atoms with Gasteiger partial charge in [-0.15, -0.1) is 6.42 Å². The molecule has 2 aromatic rings. The van der Waals surface area contributed by atoms with Crippen molar-refractivity contribution in [2.75, 3.05) is 25.6 Å². The van der Waals surface area contributed by atoms with Crippen LogP contribution in [0.15, 0.2) is 6.33 Å². The van der Waals surface area contributed by atoms with Gasteiger partial charge >= 0.3 is 18.4 Å². The topological polar surface area (TPSA) is 150 Å². The summed E-state index contributed by atoms with van der Waals surface area (Å²) < 4.78 is 43.0. The Hall–Kier alpha value is -3.66. The van der Waals surface area contributed by atoms with E-state index in [1.807, 2.05) is 0 Å². The molecule has 12 nitrogen and oxygen atoms in total. The third-order valence-electron chi connectivity index (χ3n) is 8.82. The monoisotopic (exact) mass is 557 g/mol. The van der Waals surface area contributed by atoms with E-state index in [9.17, 15) is 14.0 Å². The predicted octanol–water partition coefficient (Wildman–Crippen LogP) is 3.75. The van der Waals surface area contributed by atoms with Crippen LogP contribution in [-0.2, 0) is 23.7 Å². The van der Waals surface area contributed by atoms with Crippen LogP contribution in [0.4, 0.5) is 19.8 Å². The zero-order valence-electron chi connectivity index (χ0n) is 22.2. The van der Waals surface area contributed by atoms with Gasteiger partial charge in [0, 0.05) is 11.8 Å². The van der Waals surface area contributed by atoms with Gasteiger partial charge in [0.05, 0.1) is 12.9 Å².